The average molecular weight is 290 g/mol. The molecule has 0 spiro atoms. The lowest BCUT2D eigenvalue weighted by molar-refractivity contribution is 0.332. The van der Waals surface area contributed by atoms with E-state index in [4.69, 9.17) is 4.74 Å². The lowest BCUT2D eigenvalue weighted by Gasteiger charge is -2.30. The van der Waals surface area contributed by atoms with Gasteiger partial charge in [-0.15, -0.1) is 0 Å². The number of aromatic nitrogens is 1. The molecule has 0 aliphatic heterocycles. The quantitative estimate of drug-likeness (QED) is 0.772. The first-order valence-corrected chi connectivity index (χ1v) is 7.13. The van der Waals surface area contributed by atoms with Crippen molar-refractivity contribution in [1.29, 1.82) is 0 Å². The second kappa shape index (κ2) is 4.83. The third-order valence-electron chi connectivity index (χ3n) is 3.19. The van der Waals surface area contributed by atoms with E-state index < -0.39 is 0 Å². The van der Waals surface area contributed by atoms with Gasteiger partial charge in [-0.1, -0.05) is 34.2 Å². The molecule has 2 nitrogen and oxygen atoms in total. The number of halogens is 1. The van der Waals surface area contributed by atoms with Crippen LogP contribution >= 0.6 is 27.3 Å². The molecule has 1 fully saturated rings. The highest BCUT2D eigenvalue weighted by Gasteiger charge is 2.29. The predicted molar refractivity (Wildman–Crippen MR) is 67.1 cm³/mol. The molecule has 1 heterocycles. The second-order valence-corrected chi connectivity index (χ2v) is 6.35. The summed E-state index contributed by atoms with van der Waals surface area (Å²) >= 11 is 5.32. The van der Waals surface area contributed by atoms with Crippen molar-refractivity contribution in [3.05, 3.63) is 11.1 Å². The number of hydrogen-bond acceptors (Lipinski definition) is 3. The minimum Gasteiger partial charge on any atom is -0.473 e. The summed E-state index contributed by atoms with van der Waals surface area (Å²) in [7, 11) is 1.68. The highest BCUT2D eigenvalue weighted by atomic mass is 79.9. The van der Waals surface area contributed by atoms with Gasteiger partial charge in [0.15, 0.2) is 0 Å². The maximum Gasteiger partial charge on any atom is 0.273 e. The fraction of sp³-hybridized carbons (Fsp3) is 0.727. The Kier molecular flexibility index (Phi) is 3.67. The molecule has 1 aromatic rings. The zero-order valence-electron chi connectivity index (χ0n) is 9.07. The van der Waals surface area contributed by atoms with Crippen LogP contribution in [0.25, 0.3) is 0 Å². The van der Waals surface area contributed by atoms with E-state index in [9.17, 15) is 0 Å². The monoisotopic (exact) mass is 289 g/mol. The van der Waals surface area contributed by atoms with E-state index in [1.165, 1.54) is 25.0 Å². The number of ether oxygens (including phenoxy) is 1. The predicted octanol–water partition coefficient (Wildman–Crippen LogP) is 3.82. The Morgan fingerprint density at radius 1 is 1.53 bits per heavy atom. The molecule has 84 valence electrons. The van der Waals surface area contributed by atoms with Gasteiger partial charge in [0.05, 0.1) is 12.8 Å². The Hall–Kier alpha value is -0.0900. The van der Waals surface area contributed by atoms with E-state index >= 15 is 0 Å². The maximum atomic E-state index is 5.14. The highest BCUT2D eigenvalue weighted by molar-refractivity contribution is 9.09. The number of methoxy groups -OCH3 is 1. The molecule has 4 heteroatoms. The molecule has 1 aromatic heterocycles. The topological polar surface area (TPSA) is 22.1 Å². The summed E-state index contributed by atoms with van der Waals surface area (Å²) in [6.07, 6.45) is 3.79. The first-order valence-electron chi connectivity index (χ1n) is 5.34. The lowest BCUT2D eigenvalue weighted by atomic mass is 9.79. The fourth-order valence-corrected chi connectivity index (χ4v) is 3.59. The molecule has 1 aliphatic rings. The second-order valence-electron chi connectivity index (χ2n) is 4.24. The van der Waals surface area contributed by atoms with Crippen LogP contribution in [0.15, 0.2) is 5.38 Å². The molecular weight excluding hydrogens is 274 g/mol. The Morgan fingerprint density at radius 2 is 2.33 bits per heavy atom. The number of nitrogens with zero attached hydrogens (tertiary/aromatic N) is 1. The van der Waals surface area contributed by atoms with Gasteiger partial charge in [-0.3, -0.25) is 0 Å². The van der Waals surface area contributed by atoms with Gasteiger partial charge in [0.25, 0.3) is 5.19 Å². The summed E-state index contributed by atoms with van der Waals surface area (Å²) in [6, 6.07) is 0. The molecule has 0 bridgehead atoms. The summed E-state index contributed by atoms with van der Waals surface area (Å²) in [5.74, 6) is 1.34. The Labute approximate surface area is 103 Å². The smallest absolute Gasteiger partial charge is 0.273 e. The van der Waals surface area contributed by atoms with Crippen LogP contribution in [0.2, 0.25) is 0 Å². The molecule has 1 aliphatic carbocycles. The molecule has 0 amide bonds. The number of alkyl halides is 1. The minimum atomic E-state index is 0.600. The summed E-state index contributed by atoms with van der Waals surface area (Å²) in [5, 5.41) is 2.93. The first kappa shape index (κ1) is 11.4. The first-order chi connectivity index (χ1) is 7.20. The van der Waals surface area contributed by atoms with E-state index in [0.29, 0.717) is 10.7 Å². The van der Waals surface area contributed by atoms with E-state index in [-0.39, 0.29) is 0 Å². The van der Waals surface area contributed by atoms with E-state index in [2.05, 4.69) is 33.2 Å². The Balaban J connectivity index is 2.13. The van der Waals surface area contributed by atoms with Crippen molar-refractivity contribution in [2.24, 2.45) is 5.92 Å². The van der Waals surface area contributed by atoms with Gasteiger partial charge in [0.1, 0.15) is 0 Å². The number of hydrogen-bond donors (Lipinski definition) is 0. The van der Waals surface area contributed by atoms with Crippen molar-refractivity contribution < 1.29 is 4.74 Å². The van der Waals surface area contributed by atoms with Crippen molar-refractivity contribution >= 4 is 27.3 Å². The van der Waals surface area contributed by atoms with Crippen molar-refractivity contribution in [3.8, 4) is 5.19 Å². The van der Waals surface area contributed by atoms with E-state index in [1.807, 2.05) is 0 Å². The standard InChI is InChI=1S/C11H16BrNOS/c1-7-3-4-8(12)5-9(7)10-6-15-11(13-10)14-2/h6-9H,3-5H2,1-2H3. The van der Waals surface area contributed by atoms with Crippen LogP contribution in [0, 0.1) is 5.92 Å². The van der Waals surface area contributed by atoms with Crippen LogP contribution in [-0.2, 0) is 0 Å². The van der Waals surface area contributed by atoms with Crippen LogP contribution in [0.1, 0.15) is 37.8 Å². The average Bonchev–Trinajstić information content (AvgIpc) is 2.70. The minimum absolute atomic E-state index is 0.600. The molecule has 0 aromatic carbocycles. The van der Waals surface area contributed by atoms with Crippen molar-refractivity contribution in [2.45, 2.75) is 36.9 Å². The van der Waals surface area contributed by atoms with Crippen molar-refractivity contribution in [3.63, 3.8) is 0 Å². The van der Waals surface area contributed by atoms with Crippen LogP contribution in [0.3, 0.4) is 0 Å². The molecule has 0 radical (unpaired) electrons. The molecule has 0 N–H and O–H groups in total. The summed E-state index contributed by atoms with van der Waals surface area (Å²) < 4.78 is 5.14. The van der Waals surface area contributed by atoms with E-state index in [0.717, 1.165) is 11.1 Å². The van der Waals surface area contributed by atoms with Crippen molar-refractivity contribution in [1.82, 2.24) is 4.98 Å². The zero-order valence-corrected chi connectivity index (χ0v) is 11.5. The molecule has 3 unspecified atom stereocenters. The van der Waals surface area contributed by atoms with Gasteiger partial charge < -0.3 is 4.74 Å². The van der Waals surface area contributed by atoms with Crippen LogP contribution in [0.4, 0.5) is 0 Å². The van der Waals surface area contributed by atoms with Gasteiger partial charge in [-0.25, -0.2) is 4.98 Å². The Bertz CT molecular complexity index is 328. The van der Waals surface area contributed by atoms with Gasteiger partial charge in [-0.05, 0) is 25.2 Å². The summed E-state index contributed by atoms with van der Waals surface area (Å²) in [5.41, 5.74) is 1.22. The van der Waals surface area contributed by atoms with Crippen LogP contribution in [-0.4, -0.2) is 16.9 Å². The molecular formula is C11H16BrNOS. The fourth-order valence-electron chi connectivity index (χ4n) is 2.22. The molecule has 2 rings (SSSR count). The van der Waals surface area contributed by atoms with Gasteiger partial charge >= 0.3 is 0 Å². The Morgan fingerprint density at radius 3 is 3.00 bits per heavy atom. The van der Waals surface area contributed by atoms with Crippen molar-refractivity contribution in [2.75, 3.05) is 7.11 Å². The summed E-state index contributed by atoms with van der Waals surface area (Å²) in [4.78, 5) is 5.17. The molecule has 0 saturated heterocycles. The van der Waals surface area contributed by atoms with Crippen LogP contribution in [0.5, 0.6) is 5.19 Å². The van der Waals surface area contributed by atoms with Gasteiger partial charge in [0.2, 0.25) is 0 Å². The largest absolute Gasteiger partial charge is 0.473 e. The number of thiazole rings is 1. The molecule has 3 atom stereocenters. The zero-order chi connectivity index (χ0) is 10.8. The third kappa shape index (κ3) is 2.53. The van der Waals surface area contributed by atoms with E-state index in [1.54, 1.807) is 18.4 Å². The normalized spacial score (nSPS) is 31.5. The molecule has 1 saturated carbocycles. The third-order valence-corrected chi connectivity index (χ3v) is 4.84. The van der Waals surface area contributed by atoms with Gasteiger partial charge in [0, 0.05) is 16.1 Å². The SMILES string of the molecule is COc1nc(C2CC(Br)CCC2C)cs1. The maximum absolute atomic E-state index is 5.14. The van der Waals surface area contributed by atoms with Gasteiger partial charge in [-0.2, -0.15) is 0 Å². The lowest BCUT2D eigenvalue weighted by Crippen LogP contribution is -2.21. The van der Waals surface area contributed by atoms with Crippen LogP contribution < -0.4 is 4.74 Å². The summed E-state index contributed by atoms with van der Waals surface area (Å²) in [6.45, 7) is 2.33. The molecule has 15 heavy (non-hydrogen) atoms. The highest BCUT2D eigenvalue weighted by Crippen LogP contribution is 2.40. The number of rotatable bonds is 2.